The lowest BCUT2D eigenvalue weighted by atomic mass is 10.1. The predicted molar refractivity (Wildman–Crippen MR) is 90.1 cm³/mol. The van der Waals surface area contributed by atoms with Gasteiger partial charge in [0.25, 0.3) is 0 Å². The van der Waals surface area contributed by atoms with Crippen molar-refractivity contribution in [3.8, 4) is 0 Å². The van der Waals surface area contributed by atoms with Crippen LogP contribution in [0.3, 0.4) is 0 Å². The van der Waals surface area contributed by atoms with Crippen molar-refractivity contribution in [3.05, 3.63) is 63.6 Å². The lowest BCUT2D eigenvalue weighted by molar-refractivity contribution is 0.185. The molecule has 0 saturated carbocycles. The Kier molecular flexibility index (Phi) is 5.74. The third-order valence-corrected chi connectivity index (χ3v) is 5.52. The molecule has 4 nitrogen and oxygen atoms in total. The van der Waals surface area contributed by atoms with E-state index in [0.717, 1.165) is 16.7 Å². The smallest absolute Gasteiger partial charge is 0.241 e. The Morgan fingerprint density at radius 3 is 2.55 bits per heavy atom. The number of benzene rings is 2. The van der Waals surface area contributed by atoms with Crippen molar-refractivity contribution in [2.24, 2.45) is 0 Å². The van der Waals surface area contributed by atoms with E-state index in [0.29, 0.717) is 11.1 Å². The summed E-state index contributed by atoms with van der Waals surface area (Å²) in [6, 6.07) is 12.8. The van der Waals surface area contributed by atoms with E-state index >= 15 is 0 Å². The minimum absolute atomic E-state index is 0.236. The van der Waals surface area contributed by atoms with Gasteiger partial charge in [-0.1, -0.05) is 30.3 Å². The molecule has 118 valence electrons. The highest BCUT2D eigenvalue weighted by atomic mass is 79.9. The topological polar surface area (TPSA) is 55.4 Å². The van der Waals surface area contributed by atoms with Gasteiger partial charge in [0.2, 0.25) is 10.0 Å². The molecule has 6 heteroatoms. The maximum atomic E-state index is 12.4. The predicted octanol–water partition coefficient (Wildman–Crippen LogP) is 3.38. The highest BCUT2D eigenvalue weighted by Crippen LogP contribution is 2.23. The molecule has 1 N–H and O–H groups in total. The summed E-state index contributed by atoms with van der Waals surface area (Å²) in [5.74, 6) is 0. The average Bonchev–Trinajstić information content (AvgIpc) is 2.46. The van der Waals surface area contributed by atoms with E-state index in [1.807, 2.05) is 31.2 Å². The molecule has 0 unspecified atom stereocenters. The van der Waals surface area contributed by atoms with Crippen molar-refractivity contribution in [1.82, 2.24) is 4.72 Å². The largest absolute Gasteiger partial charge is 0.380 e. The second kappa shape index (κ2) is 7.37. The van der Waals surface area contributed by atoms with Crippen molar-refractivity contribution in [2.45, 2.75) is 25.0 Å². The molecule has 22 heavy (non-hydrogen) atoms. The van der Waals surface area contributed by atoms with Crippen LogP contribution >= 0.6 is 15.9 Å². The summed E-state index contributed by atoms with van der Waals surface area (Å²) >= 11 is 3.31. The lowest BCUT2D eigenvalue weighted by Gasteiger charge is -2.10. The number of hydrogen-bond acceptors (Lipinski definition) is 3. The zero-order valence-electron chi connectivity index (χ0n) is 12.5. The monoisotopic (exact) mass is 383 g/mol. The van der Waals surface area contributed by atoms with Gasteiger partial charge in [0, 0.05) is 18.1 Å². The van der Waals surface area contributed by atoms with E-state index in [1.165, 1.54) is 0 Å². The van der Waals surface area contributed by atoms with Gasteiger partial charge in [-0.25, -0.2) is 13.1 Å². The maximum absolute atomic E-state index is 12.4. The molecule has 0 aliphatic rings. The third-order valence-electron chi connectivity index (χ3n) is 3.15. The van der Waals surface area contributed by atoms with Crippen molar-refractivity contribution in [2.75, 3.05) is 7.11 Å². The van der Waals surface area contributed by atoms with Crippen LogP contribution in [-0.2, 0) is 27.9 Å². The summed E-state index contributed by atoms with van der Waals surface area (Å²) in [5.41, 5.74) is 2.90. The van der Waals surface area contributed by atoms with E-state index in [4.69, 9.17) is 4.74 Å². The number of nitrogens with one attached hydrogen (secondary N) is 1. The minimum atomic E-state index is -3.56. The fraction of sp³-hybridized carbons (Fsp3) is 0.250. The molecule has 0 radical (unpaired) electrons. The molecule has 2 aromatic rings. The third kappa shape index (κ3) is 4.39. The van der Waals surface area contributed by atoms with Gasteiger partial charge in [0.1, 0.15) is 0 Å². The average molecular weight is 384 g/mol. The van der Waals surface area contributed by atoms with E-state index < -0.39 is 10.0 Å². The van der Waals surface area contributed by atoms with Crippen molar-refractivity contribution >= 4 is 26.0 Å². The summed E-state index contributed by atoms with van der Waals surface area (Å²) < 4.78 is 33.0. The normalized spacial score (nSPS) is 11.6. The van der Waals surface area contributed by atoms with Gasteiger partial charge in [0.05, 0.1) is 11.5 Å². The molecule has 0 aliphatic carbocycles. The first-order chi connectivity index (χ1) is 10.4. The Balaban J connectivity index is 2.14. The Bertz CT molecular complexity index is 760. The number of rotatable bonds is 6. The number of sulfonamides is 1. The fourth-order valence-corrected chi connectivity index (χ4v) is 4.28. The maximum Gasteiger partial charge on any atom is 0.241 e. The van der Waals surface area contributed by atoms with Crippen LogP contribution in [0.5, 0.6) is 0 Å². The van der Waals surface area contributed by atoms with Crippen LogP contribution < -0.4 is 4.72 Å². The van der Waals surface area contributed by atoms with Crippen molar-refractivity contribution in [3.63, 3.8) is 0 Å². The van der Waals surface area contributed by atoms with Gasteiger partial charge in [-0.2, -0.15) is 0 Å². The first-order valence-corrected chi connectivity index (χ1v) is 9.02. The molecular weight excluding hydrogens is 366 g/mol. The van der Waals surface area contributed by atoms with E-state index in [1.54, 1.807) is 25.3 Å². The highest BCUT2D eigenvalue weighted by Gasteiger charge is 2.17. The van der Waals surface area contributed by atoms with E-state index in [-0.39, 0.29) is 11.4 Å². The summed E-state index contributed by atoms with van der Waals surface area (Å²) in [4.78, 5) is 0.242. The molecule has 0 atom stereocenters. The van der Waals surface area contributed by atoms with Crippen LogP contribution in [0.15, 0.2) is 51.8 Å². The highest BCUT2D eigenvalue weighted by molar-refractivity contribution is 9.10. The molecule has 0 bridgehead atoms. The number of ether oxygens (including phenoxy) is 1. The molecule has 0 saturated heterocycles. The van der Waals surface area contributed by atoms with Crippen molar-refractivity contribution in [1.29, 1.82) is 0 Å². The van der Waals surface area contributed by atoms with Crippen LogP contribution in [0.2, 0.25) is 0 Å². The molecule has 0 aromatic heterocycles. The SMILES string of the molecule is COCc1cccc(CNS(=O)(=O)c2ccc(C)cc2Br)c1. The van der Waals surface area contributed by atoms with Gasteiger partial charge in [-0.15, -0.1) is 0 Å². The Morgan fingerprint density at radius 2 is 1.86 bits per heavy atom. The first-order valence-electron chi connectivity index (χ1n) is 6.75. The summed E-state index contributed by atoms with van der Waals surface area (Å²) in [6.07, 6.45) is 0. The number of hydrogen-bond donors (Lipinski definition) is 1. The second-order valence-corrected chi connectivity index (χ2v) is 7.60. The van der Waals surface area contributed by atoms with Crippen LogP contribution in [0.4, 0.5) is 0 Å². The quantitative estimate of drug-likeness (QED) is 0.831. The van der Waals surface area contributed by atoms with Crippen LogP contribution in [0.25, 0.3) is 0 Å². The van der Waals surface area contributed by atoms with Gasteiger partial charge in [0.15, 0.2) is 0 Å². The first kappa shape index (κ1) is 17.1. The molecule has 0 fully saturated rings. The fourth-order valence-electron chi connectivity index (χ4n) is 2.08. The van der Waals surface area contributed by atoms with Gasteiger partial charge < -0.3 is 4.74 Å². The van der Waals surface area contributed by atoms with Crippen molar-refractivity contribution < 1.29 is 13.2 Å². The van der Waals surface area contributed by atoms with Gasteiger partial charge in [-0.3, -0.25) is 0 Å². The van der Waals surface area contributed by atoms with E-state index in [9.17, 15) is 8.42 Å². The molecule has 0 spiro atoms. The number of halogens is 1. The molecule has 2 aromatic carbocycles. The Hall–Kier alpha value is -1.21. The Morgan fingerprint density at radius 1 is 1.14 bits per heavy atom. The number of aryl methyl sites for hydroxylation is 1. The Labute approximate surface area is 139 Å². The zero-order chi connectivity index (χ0) is 16.2. The lowest BCUT2D eigenvalue weighted by Crippen LogP contribution is -2.23. The summed E-state index contributed by atoms with van der Waals surface area (Å²) in [5, 5.41) is 0. The van der Waals surface area contributed by atoms with Crippen LogP contribution in [0.1, 0.15) is 16.7 Å². The standard InChI is InChI=1S/C16H18BrNO3S/c1-12-6-7-16(15(17)8-12)22(19,20)18-10-13-4-3-5-14(9-13)11-21-2/h3-9,18H,10-11H2,1-2H3. The van der Waals surface area contributed by atoms with Crippen LogP contribution in [0, 0.1) is 6.92 Å². The molecule has 0 heterocycles. The molecule has 0 aliphatic heterocycles. The van der Waals surface area contributed by atoms with Crippen LogP contribution in [-0.4, -0.2) is 15.5 Å². The zero-order valence-corrected chi connectivity index (χ0v) is 14.9. The molecule has 2 rings (SSSR count). The molecule has 0 amide bonds. The minimum Gasteiger partial charge on any atom is -0.380 e. The second-order valence-electron chi connectivity index (χ2n) is 5.01. The van der Waals surface area contributed by atoms with E-state index in [2.05, 4.69) is 20.7 Å². The number of methoxy groups -OCH3 is 1. The molecular formula is C16H18BrNO3S. The summed E-state index contributed by atoms with van der Waals surface area (Å²) in [7, 11) is -1.93. The van der Waals surface area contributed by atoms with Gasteiger partial charge in [-0.05, 0) is 51.7 Å². The summed E-state index contributed by atoms with van der Waals surface area (Å²) in [6.45, 7) is 2.65. The van der Waals surface area contributed by atoms with Gasteiger partial charge >= 0.3 is 0 Å².